The Morgan fingerprint density at radius 3 is 2.37 bits per heavy atom. The van der Waals surface area contributed by atoms with Gasteiger partial charge in [-0.05, 0) is 37.8 Å². The van der Waals surface area contributed by atoms with Gasteiger partial charge in [-0.1, -0.05) is 0 Å². The Labute approximate surface area is 204 Å². The van der Waals surface area contributed by atoms with E-state index < -0.39 is 10.0 Å². The average Bonchev–Trinajstić information content (AvgIpc) is 3.47. The van der Waals surface area contributed by atoms with E-state index in [0.717, 1.165) is 31.8 Å². The van der Waals surface area contributed by atoms with Crippen molar-refractivity contribution in [3.63, 3.8) is 0 Å². The van der Waals surface area contributed by atoms with E-state index in [0.29, 0.717) is 38.1 Å². The second-order valence-corrected chi connectivity index (χ2v) is 13.1. The van der Waals surface area contributed by atoms with Gasteiger partial charge in [-0.2, -0.15) is 9.40 Å². The standard InChI is InChI=1S/C23H29N7O4S/c1-34-20-18(3-2-6-24-20)35(32,33)29-13-23(14-29)11-28(12-23)21(31)27-9-22(10-27)7-17(8-22)30-15-25-19(26-30)16-4-5-16/h2-3,6,15-17H,4-5,7-14H2,1H3. The smallest absolute Gasteiger partial charge is 0.320 e. The van der Waals surface area contributed by atoms with Crippen molar-refractivity contribution in [2.45, 2.75) is 42.5 Å². The third-order valence-electron chi connectivity index (χ3n) is 8.40. The van der Waals surface area contributed by atoms with Crippen LogP contribution in [0.4, 0.5) is 4.79 Å². The summed E-state index contributed by atoms with van der Waals surface area (Å²) in [6, 6.07) is 3.59. The highest BCUT2D eigenvalue weighted by atomic mass is 32.2. The van der Waals surface area contributed by atoms with Crippen LogP contribution in [0.15, 0.2) is 29.6 Å². The van der Waals surface area contributed by atoms with Crippen LogP contribution in [0.5, 0.6) is 5.88 Å². The van der Waals surface area contributed by atoms with Crippen LogP contribution in [-0.4, -0.2) is 94.7 Å². The van der Waals surface area contributed by atoms with Gasteiger partial charge in [-0.25, -0.2) is 27.9 Å². The minimum absolute atomic E-state index is 0.0803. The monoisotopic (exact) mass is 499 g/mol. The first-order chi connectivity index (χ1) is 16.8. The molecule has 2 aliphatic carbocycles. The molecule has 0 unspecified atom stereocenters. The van der Waals surface area contributed by atoms with Crippen LogP contribution >= 0.6 is 0 Å². The molecule has 2 amide bonds. The topological polar surface area (TPSA) is 114 Å². The number of hydrogen-bond acceptors (Lipinski definition) is 7. The highest BCUT2D eigenvalue weighted by molar-refractivity contribution is 7.89. The van der Waals surface area contributed by atoms with Gasteiger partial charge in [0.25, 0.3) is 0 Å². The Morgan fingerprint density at radius 1 is 1.03 bits per heavy atom. The first-order valence-electron chi connectivity index (χ1n) is 12.2. The second-order valence-electron chi connectivity index (χ2n) is 11.2. The Bertz CT molecular complexity index is 1280. The fraction of sp³-hybridized carbons (Fsp3) is 0.652. The quantitative estimate of drug-likeness (QED) is 0.610. The van der Waals surface area contributed by atoms with E-state index in [1.807, 2.05) is 20.8 Å². The molecule has 11 nitrogen and oxygen atoms in total. The van der Waals surface area contributed by atoms with Crippen molar-refractivity contribution in [3.05, 3.63) is 30.5 Å². The van der Waals surface area contributed by atoms with E-state index in [2.05, 4.69) is 15.1 Å². The maximum atomic E-state index is 13.0. The molecule has 186 valence electrons. The van der Waals surface area contributed by atoms with Gasteiger partial charge in [0.1, 0.15) is 11.2 Å². The van der Waals surface area contributed by atoms with Crippen molar-refractivity contribution in [2.75, 3.05) is 46.4 Å². The van der Waals surface area contributed by atoms with E-state index in [1.165, 1.54) is 36.5 Å². The highest BCUT2D eigenvalue weighted by Crippen LogP contribution is 2.54. The number of rotatable bonds is 5. The molecule has 2 saturated carbocycles. The van der Waals surface area contributed by atoms with Gasteiger partial charge in [-0.3, -0.25) is 0 Å². The molecule has 5 fully saturated rings. The summed E-state index contributed by atoms with van der Waals surface area (Å²) in [4.78, 5) is 25.3. The maximum Gasteiger partial charge on any atom is 0.320 e. The van der Waals surface area contributed by atoms with E-state index in [4.69, 9.17) is 4.74 Å². The van der Waals surface area contributed by atoms with Crippen LogP contribution in [-0.2, 0) is 10.0 Å². The lowest BCUT2D eigenvalue weighted by atomic mass is 9.60. The molecule has 0 aromatic carbocycles. The number of aromatic nitrogens is 4. The molecule has 3 saturated heterocycles. The summed E-state index contributed by atoms with van der Waals surface area (Å²) in [6.45, 7) is 3.66. The van der Waals surface area contributed by atoms with Crippen LogP contribution in [0.2, 0.25) is 0 Å². The predicted molar refractivity (Wildman–Crippen MR) is 123 cm³/mol. The maximum absolute atomic E-state index is 13.0. The number of methoxy groups -OCH3 is 1. The number of sulfonamides is 1. The SMILES string of the molecule is COc1ncccc1S(=O)(=O)N1CC2(CN(C(=O)N3CC4(CC(n5cnc(C6CC6)n5)C4)C3)C2)C1. The Balaban J connectivity index is 0.892. The summed E-state index contributed by atoms with van der Waals surface area (Å²) in [5.74, 6) is 1.67. The van der Waals surface area contributed by atoms with E-state index in [-0.39, 0.29) is 27.6 Å². The molecule has 0 radical (unpaired) electrons. The van der Waals surface area contributed by atoms with E-state index >= 15 is 0 Å². The number of amides is 2. The molecule has 0 bridgehead atoms. The van der Waals surface area contributed by atoms with E-state index in [9.17, 15) is 13.2 Å². The van der Waals surface area contributed by atoms with Crippen LogP contribution in [0, 0.1) is 10.8 Å². The zero-order valence-corrected chi connectivity index (χ0v) is 20.5. The Hall–Kier alpha value is -2.73. The fourth-order valence-corrected chi connectivity index (χ4v) is 8.08. The van der Waals surface area contributed by atoms with Gasteiger partial charge >= 0.3 is 6.03 Å². The summed E-state index contributed by atoms with van der Waals surface area (Å²) in [7, 11) is -2.24. The largest absolute Gasteiger partial charge is 0.480 e. The Morgan fingerprint density at radius 2 is 1.71 bits per heavy atom. The summed E-state index contributed by atoms with van der Waals surface area (Å²) < 4.78 is 34.6. The molecule has 2 aromatic heterocycles. The molecule has 2 aromatic rings. The zero-order valence-electron chi connectivity index (χ0n) is 19.7. The van der Waals surface area contributed by atoms with Crippen LogP contribution in [0.1, 0.15) is 43.5 Å². The van der Waals surface area contributed by atoms with Crippen molar-refractivity contribution >= 4 is 16.1 Å². The molecular weight excluding hydrogens is 470 g/mol. The number of hydrogen-bond donors (Lipinski definition) is 0. The van der Waals surface area contributed by atoms with Crippen molar-refractivity contribution in [3.8, 4) is 5.88 Å². The van der Waals surface area contributed by atoms with Gasteiger partial charge < -0.3 is 14.5 Å². The molecule has 12 heteroatoms. The lowest BCUT2D eigenvalue weighted by Gasteiger charge is -2.63. The predicted octanol–water partition coefficient (Wildman–Crippen LogP) is 1.32. The van der Waals surface area contributed by atoms with Gasteiger partial charge in [-0.15, -0.1) is 0 Å². The van der Waals surface area contributed by atoms with Crippen molar-refractivity contribution in [1.29, 1.82) is 0 Å². The fourth-order valence-electron chi connectivity index (χ4n) is 6.31. The van der Waals surface area contributed by atoms with Crippen molar-refractivity contribution in [1.82, 2.24) is 33.9 Å². The second kappa shape index (κ2) is 7.16. The number of carbonyl (C=O) groups excluding carboxylic acids is 1. The molecule has 2 spiro atoms. The molecule has 7 rings (SSSR count). The van der Waals surface area contributed by atoms with Gasteiger partial charge in [0.2, 0.25) is 15.9 Å². The summed E-state index contributed by atoms with van der Waals surface area (Å²) >= 11 is 0. The average molecular weight is 500 g/mol. The highest BCUT2D eigenvalue weighted by Gasteiger charge is 2.60. The molecule has 5 heterocycles. The Kier molecular flexibility index (Phi) is 4.41. The third-order valence-corrected chi connectivity index (χ3v) is 10.2. The van der Waals surface area contributed by atoms with Gasteiger partial charge in [0.05, 0.1) is 13.2 Å². The summed E-state index contributed by atoms with van der Waals surface area (Å²) in [5.41, 5.74) is 0.105. The van der Waals surface area contributed by atoms with E-state index in [1.54, 1.807) is 6.07 Å². The lowest BCUT2D eigenvalue weighted by Crippen LogP contribution is -2.76. The molecule has 5 aliphatic rings. The van der Waals surface area contributed by atoms with Crippen LogP contribution < -0.4 is 4.74 Å². The molecular formula is C23H29N7O4S. The molecule has 0 N–H and O–H groups in total. The van der Waals surface area contributed by atoms with Crippen LogP contribution in [0.3, 0.4) is 0 Å². The molecule has 3 aliphatic heterocycles. The third kappa shape index (κ3) is 3.29. The number of carbonyl (C=O) groups is 1. The van der Waals surface area contributed by atoms with Crippen molar-refractivity contribution < 1.29 is 17.9 Å². The number of nitrogens with zero attached hydrogens (tertiary/aromatic N) is 7. The van der Waals surface area contributed by atoms with Crippen LogP contribution in [0.25, 0.3) is 0 Å². The normalized spacial score (nSPS) is 25.1. The minimum atomic E-state index is -3.66. The molecule has 0 atom stereocenters. The molecule has 35 heavy (non-hydrogen) atoms. The summed E-state index contributed by atoms with van der Waals surface area (Å²) in [5, 5.41) is 4.67. The first-order valence-corrected chi connectivity index (χ1v) is 13.7. The number of urea groups is 1. The lowest BCUT2D eigenvalue weighted by molar-refractivity contribution is -0.101. The number of pyridine rings is 1. The van der Waals surface area contributed by atoms with Gasteiger partial charge in [0.15, 0.2) is 5.82 Å². The first kappa shape index (κ1) is 21.5. The minimum Gasteiger partial charge on any atom is -0.480 e. The number of ether oxygens (including phenoxy) is 1. The zero-order chi connectivity index (χ0) is 24.0. The summed E-state index contributed by atoms with van der Waals surface area (Å²) in [6.07, 6.45) is 7.91. The number of likely N-dealkylation sites (tertiary alicyclic amines) is 2. The van der Waals surface area contributed by atoms with Gasteiger partial charge in [0, 0.05) is 62.2 Å². The van der Waals surface area contributed by atoms with Crippen molar-refractivity contribution in [2.24, 2.45) is 10.8 Å².